The summed E-state index contributed by atoms with van der Waals surface area (Å²) < 4.78 is 0. The average molecular weight is 288 g/mol. The van der Waals surface area contributed by atoms with Gasteiger partial charge in [-0.1, -0.05) is 11.8 Å². The maximum Gasteiger partial charge on any atom is 0.303 e. The smallest absolute Gasteiger partial charge is 0.303 e. The van der Waals surface area contributed by atoms with Crippen molar-refractivity contribution in [1.82, 2.24) is 10.6 Å². The quantitative estimate of drug-likeness (QED) is 0.629. The molecular weight excluding hydrogens is 272 g/mol. The number of carboxylic acids is 1. The van der Waals surface area contributed by atoms with Crippen molar-refractivity contribution in [2.75, 3.05) is 6.54 Å². The summed E-state index contributed by atoms with van der Waals surface area (Å²) in [6, 6.07) is -0.745. The molecule has 19 heavy (non-hydrogen) atoms. The molecule has 0 aromatic heterocycles. The van der Waals surface area contributed by atoms with Gasteiger partial charge in [-0.3, -0.25) is 19.2 Å². The standard InChI is InChI=1S/C11H16N2O5S/c1-6(14)13-10-7(4-5-12-11(10)18)19-9(17)3-2-8(15)16/h7,10H,2-5H2,1H3,(H,12,18)(H,13,14)(H,15,16). The highest BCUT2D eigenvalue weighted by Crippen LogP contribution is 2.23. The molecular formula is C11H16N2O5S. The Morgan fingerprint density at radius 1 is 1.42 bits per heavy atom. The lowest BCUT2D eigenvalue weighted by Crippen LogP contribution is -2.56. The summed E-state index contributed by atoms with van der Waals surface area (Å²) in [5, 5.41) is 13.0. The first kappa shape index (κ1) is 15.5. The summed E-state index contributed by atoms with van der Waals surface area (Å²) >= 11 is 0.939. The van der Waals surface area contributed by atoms with E-state index in [9.17, 15) is 19.2 Å². The molecule has 2 atom stereocenters. The first-order chi connectivity index (χ1) is 8.90. The van der Waals surface area contributed by atoms with Gasteiger partial charge in [0, 0.05) is 25.1 Å². The maximum atomic E-state index is 11.6. The van der Waals surface area contributed by atoms with E-state index in [0.717, 1.165) is 11.8 Å². The van der Waals surface area contributed by atoms with Crippen molar-refractivity contribution in [2.24, 2.45) is 0 Å². The molecule has 0 bridgehead atoms. The van der Waals surface area contributed by atoms with E-state index in [1.54, 1.807) is 0 Å². The number of amides is 2. The number of aliphatic carboxylic acids is 1. The zero-order valence-corrected chi connectivity index (χ0v) is 11.3. The molecule has 1 aliphatic heterocycles. The first-order valence-electron chi connectivity index (χ1n) is 5.86. The third-order valence-electron chi connectivity index (χ3n) is 2.57. The number of hydrogen-bond donors (Lipinski definition) is 3. The number of hydrogen-bond acceptors (Lipinski definition) is 5. The molecule has 1 rings (SSSR count). The highest BCUT2D eigenvalue weighted by molar-refractivity contribution is 8.14. The molecule has 1 saturated heterocycles. The van der Waals surface area contributed by atoms with Gasteiger partial charge in [0.1, 0.15) is 6.04 Å². The Labute approximate surface area is 114 Å². The number of piperidine rings is 1. The van der Waals surface area contributed by atoms with Crippen molar-refractivity contribution < 1.29 is 24.3 Å². The molecule has 2 unspecified atom stereocenters. The van der Waals surface area contributed by atoms with Crippen LogP contribution in [0.15, 0.2) is 0 Å². The predicted molar refractivity (Wildman–Crippen MR) is 68.5 cm³/mol. The van der Waals surface area contributed by atoms with Crippen LogP contribution in [-0.2, 0) is 19.2 Å². The number of carbonyl (C=O) groups is 4. The fourth-order valence-corrected chi connectivity index (χ4v) is 2.85. The summed E-state index contributed by atoms with van der Waals surface area (Å²) in [5.74, 6) is -1.69. The average Bonchev–Trinajstić information content (AvgIpc) is 2.30. The second kappa shape index (κ2) is 7.13. The van der Waals surface area contributed by atoms with Gasteiger partial charge in [0.25, 0.3) is 0 Å². The summed E-state index contributed by atoms with van der Waals surface area (Å²) in [6.45, 7) is 1.74. The van der Waals surface area contributed by atoms with Crippen LogP contribution >= 0.6 is 11.8 Å². The lowest BCUT2D eigenvalue weighted by molar-refractivity contribution is -0.138. The predicted octanol–water partition coefficient (Wildman–Crippen LogP) is -0.496. The van der Waals surface area contributed by atoms with Gasteiger partial charge in [0.2, 0.25) is 11.8 Å². The third kappa shape index (κ3) is 5.29. The van der Waals surface area contributed by atoms with Gasteiger partial charge >= 0.3 is 5.97 Å². The molecule has 2 amide bonds. The molecule has 0 spiro atoms. The second-order valence-electron chi connectivity index (χ2n) is 4.18. The van der Waals surface area contributed by atoms with E-state index in [4.69, 9.17) is 5.11 Å². The van der Waals surface area contributed by atoms with Crippen LogP contribution in [-0.4, -0.2) is 45.8 Å². The van der Waals surface area contributed by atoms with Crippen molar-refractivity contribution in [3.63, 3.8) is 0 Å². The van der Waals surface area contributed by atoms with Gasteiger partial charge in [-0.2, -0.15) is 0 Å². The molecule has 1 aliphatic rings. The number of carboxylic acid groups (broad SMARTS) is 1. The Morgan fingerprint density at radius 2 is 2.11 bits per heavy atom. The monoisotopic (exact) mass is 288 g/mol. The summed E-state index contributed by atoms with van der Waals surface area (Å²) in [7, 11) is 0. The zero-order chi connectivity index (χ0) is 14.4. The zero-order valence-electron chi connectivity index (χ0n) is 10.5. The molecule has 7 nitrogen and oxygen atoms in total. The minimum atomic E-state index is -1.03. The Kier molecular flexibility index (Phi) is 5.81. The molecule has 0 aliphatic carbocycles. The highest BCUT2D eigenvalue weighted by atomic mass is 32.2. The van der Waals surface area contributed by atoms with Crippen molar-refractivity contribution in [3.8, 4) is 0 Å². The van der Waals surface area contributed by atoms with Gasteiger partial charge in [-0.05, 0) is 6.42 Å². The van der Waals surface area contributed by atoms with Gasteiger partial charge in [0.15, 0.2) is 5.12 Å². The molecule has 0 aromatic rings. The van der Waals surface area contributed by atoms with Crippen molar-refractivity contribution >= 4 is 34.7 Å². The van der Waals surface area contributed by atoms with Crippen molar-refractivity contribution in [1.29, 1.82) is 0 Å². The number of thioether (sulfide) groups is 1. The van der Waals surface area contributed by atoms with Crippen molar-refractivity contribution in [2.45, 2.75) is 37.5 Å². The SMILES string of the molecule is CC(=O)NC1C(=O)NCCC1SC(=O)CCC(=O)O. The van der Waals surface area contributed by atoms with Crippen molar-refractivity contribution in [3.05, 3.63) is 0 Å². The Hall–Kier alpha value is -1.57. The Balaban J connectivity index is 2.57. The number of nitrogens with one attached hydrogen (secondary N) is 2. The van der Waals surface area contributed by atoms with Crippen LogP contribution in [0.5, 0.6) is 0 Å². The summed E-state index contributed by atoms with van der Waals surface area (Å²) in [4.78, 5) is 44.7. The molecule has 8 heteroatoms. The van der Waals surface area contributed by atoms with Crippen LogP contribution in [0.1, 0.15) is 26.2 Å². The number of carbonyl (C=O) groups excluding carboxylic acids is 3. The van der Waals surface area contributed by atoms with E-state index in [-0.39, 0.29) is 35.0 Å². The van der Waals surface area contributed by atoms with Crippen LogP contribution < -0.4 is 10.6 Å². The Morgan fingerprint density at radius 3 is 2.68 bits per heavy atom. The van der Waals surface area contributed by atoms with Gasteiger partial charge in [0.05, 0.1) is 6.42 Å². The molecule has 0 saturated carbocycles. The van der Waals surface area contributed by atoms with E-state index in [1.807, 2.05) is 0 Å². The third-order valence-corrected chi connectivity index (χ3v) is 3.84. The summed E-state index contributed by atoms with van der Waals surface area (Å²) in [6.07, 6.45) is 0.251. The molecule has 1 heterocycles. The van der Waals surface area contributed by atoms with Crippen LogP contribution in [0.2, 0.25) is 0 Å². The van der Waals surface area contributed by atoms with E-state index >= 15 is 0 Å². The lowest BCUT2D eigenvalue weighted by Gasteiger charge is -2.30. The first-order valence-corrected chi connectivity index (χ1v) is 6.74. The van der Waals surface area contributed by atoms with Crippen LogP contribution in [0.25, 0.3) is 0 Å². The molecule has 106 valence electrons. The minimum Gasteiger partial charge on any atom is -0.481 e. The van der Waals surface area contributed by atoms with Crippen LogP contribution in [0.3, 0.4) is 0 Å². The fourth-order valence-electron chi connectivity index (χ4n) is 1.72. The van der Waals surface area contributed by atoms with Gasteiger partial charge < -0.3 is 15.7 Å². The maximum absolute atomic E-state index is 11.6. The van der Waals surface area contributed by atoms with E-state index < -0.39 is 12.0 Å². The fraction of sp³-hybridized carbons (Fsp3) is 0.636. The largest absolute Gasteiger partial charge is 0.481 e. The molecule has 0 aromatic carbocycles. The lowest BCUT2D eigenvalue weighted by atomic mass is 10.1. The summed E-state index contributed by atoms with van der Waals surface area (Å²) in [5.41, 5.74) is 0. The Bertz CT molecular complexity index is 399. The number of rotatable bonds is 5. The molecule has 0 radical (unpaired) electrons. The van der Waals surface area contributed by atoms with E-state index in [2.05, 4.69) is 10.6 Å². The second-order valence-corrected chi connectivity index (χ2v) is 5.48. The van der Waals surface area contributed by atoms with E-state index in [1.165, 1.54) is 6.92 Å². The molecule has 3 N–H and O–H groups in total. The minimum absolute atomic E-state index is 0.0785. The molecule has 1 fully saturated rings. The van der Waals surface area contributed by atoms with Crippen LogP contribution in [0.4, 0.5) is 0 Å². The van der Waals surface area contributed by atoms with E-state index in [0.29, 0.717) is 13.0 Å². The highest BCUT2D eigenvalue weighted by Gasteiger charge is 2.34. The van der Waals surface area contributed by atoms with Gasteiger partial charge in [-0.25, -0.2) is 0 Å². The van der Waals surface area contributed by atoms with Crippen LogP contribution in [0, 0.1) is 0 Å². The van der Waals surface area contributed by atoms with Gasteiger partial charge in [-0.15, -0.1) is 0 Å². The normalized spacial score (nSPS) is 22.5. The topological polar surface area (TPSA) is 113 Å².